The molecule has 4 rings (SSSR count). The largest absolute Gasteiger partial charge is 0.444 e. The number of carbonyl (C=O) groups is 2. The average Bonchev–Trinajstić information content (AvgIpc) is 3.22. The molecule has 3 heterocycles. The normalized spacial score (nSPS) is 20.0. The molecule has 7 nitrogen and oxygen atoms in total. The van der Waals surface area contributed by atoms with Gasteiger partial charge in [0.2, 0.25) is 5.91 Å². The molecule has 0 radical (unpaired) electrons. The van der Waals surface area contributed by atoms with Crippen molar-refractivity contribution in [3.05, 3.63) is 36.5 Å². The monoisotopic (exact) mass is 410 g/mol. The number of anilines is 1. The van der Waals surface area contributed by atoms with Crippen molar-refractivity contribution in [1.29, 1.82) is 0 Å². The summed E-state index contributed by atoms with van der Waals surface area (Å²) >= 11 is 0. The Balaban J connectivity index is 1.34. The molecule has 2 aliphatic rings. The number of fused-ring (bicyclic) bond motifs is 1. The van der Waals surface area contributed by atoms with Crippen LogP contribution in [0.4, 0.5) is 10.5 Å². The molecule has 2 amide bonds. The molecule has 0 unspecified atom stereocenters. The third-order valence-electron chi connectivity index (χ3n) is 5.75. The van der Waals surface area contributed by atoms with Gasteiger partial charge in [-0.1, -0.05) is 18.2 Å². The molecule has 7 heteroatoms. The molecule has 1 aromatic heterocycles. The van der Waals surface area contributed by atoms with Crippen LogP contribution in [0.5, 0.6) is 0 Å². The van der Waals surface area contributed by atoms with E-state index in [4.69, 9.17) is 4.74 Å². The predicted octanol–water partition coefficient (Wildman–Crippen LogP) is 3.14. The van der Waals surface area contributed by atoms with Gasteiger partial charge in [-0.15, -0.1) is 0 Å². The van der Waals surface area contributed by atoms with Gasteiger partial charge in [-0.2, -0.15) is 0 Å². The van der Waals surface area contributed by atoms with Crippen molar-refractivity contribution in [2.24, 2.45) is 5.92 Å². The molecule has 0 spiro atoms. The van der Waals surface area contributed by atoms with Gasteiger partial charge in [0.05, 0.1) is 11.4 Å². The van der Waals surface area contributed by atoms with E-state index < -0.39 is 5.60 Å². The van der Waals surface area contributed by atoms with E-state index in [1.807, 2.05) is 50.1 Å². The summed E-state index contributed by atoms with van der Waals surface area (Å²) in [5.74, 6) is 0.0196. The zero-order chi connectivity index (χ0) is 21.3. The Morgan fingerprint density at radius 2 is 1.73 bits per heavy atom. The van der Waals surface area contributed by atoms with E-state index in [2.05, 4.69) is 22.0 Å². The Kier molecular flexibility index (Phi) is 5.54. The van der Waals surface area contributed by atoms with Crippen molar-refractivity contribution < 1.29 is 14.3 Å². The number of aromatic nitrogens is 1. The molecule has 2 fully saturated rings. The third kappa shape index (κ3) is 4.35. The Morgan fingerprint density at radius 1 is 1.00 bits per heavy atom. The SMILES string of the molecule is CC(C)(C)OC(=O)N1CC[C@@H](C(=O)N2CCN(c3ccnc4ccccc34)CC2)C1. The van der Waals surface area contributed by atoms with Gasteiger partial charge < -0.3 is 19.4 Å². The molecule has 2 aliphatic heterocycles. The van der Waals surface area contributed by atoms with Gasteiger partial charge in [0, 0.05) is 56.5 Å². The highest BCUT2D eigenvalue weighted by atomic mass is 16.6. The number of para-hydroxylation sites is 1. The Bertz CT molecular complexity index is 926. The van der Waals surface area contributed by atoms with Crippen molar-refractivity contribution in [2.45, 2.75) is 32.8 Å². The van der Waals surface area contributed by atoms with E-state index in [1.54, 1.807) is 4.90 Å². The lowest BCUT2D eigenvalue weighted by Crippen LogP contribution is -2.51. The lowest BCUT2D eigenvalue weighted by Gasteiger charge is -2.37. The van der Waals surface area contributed by atoms with E-state index >= 15 is 0 Å². The molecule has 30 heavy (non-hydrogen) atoms. The quantitative estimate of drug-likeness (QED) is 0.761. The number of ether oxygens (including phenoxy) is 1. The van der Waals surface area contributed by atoms with Crippen LogP contribution in [-0.2, 0) is 9.53 Å². The number of piperazine rings is 1. The van der Waals surface area contributed by atoms with Crippen LogP contribution < -0.4 is 4.90 Å². The van der Waals surface area contributed by atoms with Gasteiger partial charge in [-0.05, 0) is 39.3 Å². The van der Waals surface area contributed by atoms with Crippen LogP contribution >= 0.6 is 0 Å². The maximum atomic E-state index is 13.0. The number of rotatable bonds is 2. The smallest absolute Gasteiger partial charge is 0.410 e. The topological polar surface area (TPSA) is 66.0 Å². The minimum atomic E-state index is -0.521. The van der Waals surface area contributed by atoms with Gasteiger partial charge in [-0.25, -0.2) is 4.79 Å². The zero-order valence-electron chi connectivity index (χ0n) is 18.0. The summed E-state index contributed by atoms with van der Waals surface area (Å²) in [6.45, 7) is 9.57. The second-order valence-corrected chi connectivity index (χ2v) is 9.07. The van der Waals surface area contributed by atoms with Crippen LogP contribution in [0.2, 0.25) is 0 Å². The Hall–Kier alpha value is -2.83. The van der Waals surface area contributed by atoms with Crippen molar-refractivity contribution in [3.8, 4) is 0 Å². The van der Waals surface area contributed by atoms with E-state index in [-0.39, 0.29) is 17.9 Å². The lowest BCUT2D eigenvalue weighted by molar-refractivity contribution is -0.135. The summed E-state index contributed by atoms with van der Waals surface area (Å²) in [5.41, 5.74) is 1.64. The first-order valence-corrected chi connectivity index (χ1v) is 10.7. The molecular weight excluding hydrogens is 380 g/mol. The van der Waals surface area contributed by atoms with Crippen molar-refractivity contribution in [3.63, 3.8) is 0 Å². The van der Waals surface area contributed by atoms with Crippen molar-refractivity contribution >= 4 is 28.6 Å². The molecule has 2 saturated heterocycles. The van der Waals surface area contributed by atoms with Gasteiger partial charge in [0.15, 0.2) is 0 Å². The lowest BCUT2D eigenvalue weighted by atomic mass is 10.1. The molecule has 160 valence electrons. The van der Waals surface area contributed by atoms with Crippen LogP contribution in [0.25, 0.3) is 10.9 Å². The molecule has 1 aromatic carbocycles. The zero-order valence-corrected chi connectivity index (χ0v) is 18.0. The van der Waals surface area contributed by atoms with Gasteiger partial charge in [0.1, 0.15) is 5.60 Å². The first-order chi connectivity index (χ1) is 14.3. The van der Waals surface area contributed by atoms with E-state index in [0.29, 0.717) is 32.6 Å². The molecule has 0 N–H and O–H groups in total. The summed E-state index contributed by atoms with van der Waals surface area (Å²) in [5, 5.41) is 1.14. The maximum absolute atomic E-state index is 13.0. The van der Waals surface area contributed by atoms with Crippen LogP contribution in [0.1, 0.15) is 27.2 Å². The molecule has 0 bridgehead atoms. The average molecular weight is 411 g/mol. The summed E-state index contributed by atoms with van der Waals surface area (Å²) in [7, 11) is 0. The molecule has 0 aliphatic carbocycles. The summed E-state index contributed by atoms with van der Waals surface area (Å²) in [6.07, 6.45) is 2.22. The van der Waals surface area contributed by atoms with Crippen LogP contribution in [-0.4, -0.2) is 71.7 Å². The summed E-state index contributed by atoms with van der Waals surface area (Å²) < 4.78 is 5.44. The minimum absolute atomic E-state index is 0.133. The second-order valence-electron chi connectivity index (χ2n) is 9.07. The molecule has 0 saturated carbocycles. The minimum Gasteiger partial charge on any atom is -0.444 e. The number of amides is 2. The number of hydrogen-bond donors (Lipinski definition) is 0. The van der Waals surface area contributed by atoms with E-state index in [9.17, 15) is 9.59 Å². The highest BCUT2D eigenvalue weighted by molar-refractivity contribution is 5.91. The second kappa shape index (κ2) is 8.13. The van der Waals surface area contributed by atoms with Crippen LogP contribution in [0, 0.1) is 5.92 Å². The number of benzene rings is 1. The molecular formula is C23H30N4O3. The highest BCUT2D eigenvalue weighted by Crippen LogP contribution is 2.27. The summed E-state index contributed by atoms with van der Waals surface area (Å²) in [6, 6.07) is 10.2. The molecule has 2 aromatic rings. The van der Waals surface area contributed by atoms with Gasteiger partial charge >= 0.3 is 6.09 Å². The number of carbonyl (C=O) groups excluding carboxylic acids is 2. The van der Waals surface area contributed by atoms with Crippen LogP contribution in [0.3, 0.4) is 0 Å². The maximum Gasteiger partial charge on any atom is 0.410 e. The number of hydrogen-bond acceptors (Lipinski definition) is 5. The first-order valence-electron chi connectivity index (χ1n) is 10.7. The van der Waals surface area contributed by atoms with Gasteiger partial charge in [-0.3, -0.25) is 9.78 Å². The number of pyridine rings is 1. The number of likely N-dealkylation sites (tertiary alicyclic amines) is 1. The molecule has 1 atom stereocenters. The van der Waals surface area contributed by atoms with Gasteiger partial charge in [0.25, 0.3) is 0 Å². The Morgan fingerprint density at radius 3 is 2.47 bits per heavy atom. The summed E-state index contributed by atoms with van der Waals surface area (Å²) in [4.78, 5) is 35.7. The highest BCUT2D eigenvalue weighted by Gasteiger charge is 2.36. The van der Waals surface area contributed by atoms with E-state index in [0.717, 1.165) is 24.0 Å². The fourth-order valence-corrected chi connectivity index (χ4v) is 4.24. The standard InChI is InChI=1S/C23H30N4O3/c1-23(2,3)30-22(29)27-11-9-17(16-27)21(28)26-14-12-25(13-15-26)20-8-10-24-19-7-5-4-6-18(19)20/h4-8,10,17H,9,11-16H2,1-3H3/t17-/m1/s1. The van der Waals surface area contributed by atoms with Crippen molar-refractivity contribution in [2.75, 3.05) is 44.2 Å². The first kappa shape index (κ1) is 20.4. The number of nitrogens with zero attached hydrogens (tertiary/aromatic N) is 4. The van der Waals surface area contributed by atoms with Crippen LogP contribution in [0.15, 0.2) is 36.5 Å². The van der Waals surface area contributed by atoms with E-state index in [1.165, 1.54) is 5.69 Å². The predicted molar refractivity (Wildman–Crippen MR) is 116 cm³/mol. The fraction of sp³-hybridized carbons (Fsp3) is 0.522. The third-order valence-corrected chi connectivity index (χ3v) is 5.75. The Labute approximate surface area is 177 Å². The fourth-order valence-electron chi connectivity index (χ4n) is 4.24. The van der Waals surface area contributed by atoms with Crippen molar-refractivity contribution in [1.82, 2.24) is 14.8 Å².